The molecule has 1 saturated carbocycles. The van der Waals surface area contributed by atoms with Crippen molar-refractivity contribution in [3.63, 3.8) is 0 Å². The molecule has 1 rings (SSSR count). The van der Waals surface area contributed by atoms with E-state index in [-0.39, 0.29) is 0 Å². The minimum atomic E-state index is 0.509. The number of hydrogen-bond acceptors (Lipinski definition) is 1. The van der Waals surface area contributed by atoms with Crippen molar-refractivity contribution < 1.29 is 0 Å². The van der Waals surface area contributed by atoms with Crippen molar-refractivity contribution in [3.05, 3.63) is 0 Å². The molecule has 108 valence electrons. The summed E-state index contributed by atoms with van der Waals surface area (Å²) in [6.07, 6.45) is 11.4. The van der Waals surface area contributed by atoms with Crippen molar-refractivity contribution in [2.24, 2.45) is 16.7 Å². The SMILES string of the molecule is CCCCCC1(CNC)CCC(C(C)(C)C)CC1. The number of hydrogen-bond donors (Lipinski definition) is 1. The third-order valence-corrected chi connectivity index (χ3v) is 5.13. The topological polar surface area (TPSA) is 12.0 Å². The van der Waals surface area contributed by atoms with E-state index in [1.165, 1.54) is 57.9 Å². The van der Waals surface area contributed by atoms with Crippen LogP contribution in [0.15, 0.2) is 0 Å². The first-order valence-electron chi connectivity index (χ1n) is 8.08. The van der Waals surface area contributed by atoms with Crippen LogP contribution in [0.4, 0.5) is 0 Å². The molecule has 0 unspecified atom stereocenters. The molecule has 0 aromatic heterocycles. The van der Waals surface area contributed by atoms with Crippen LogP contribution < -0.4 is 5.32 Å². The molecule has 1 fully saturated rings. The van der Waals surface area contributed by atoms with Gasteiger partial charge in [0.2, 0.25) is 0 Å². The van der Waals surface area contributed by atoms with Crippen LogP contribution in [0.25, 0.3) is 0 Å². The van der Waals surface area contributed by atoms with Crippen molar-refractivity contribution in [2.45, 2.75) is 79.1 Å². The van der Waals surface area contributed by atoms with Gasteiger partial charge in [-0.05, 0) is 55.9 Å². The van der Waals surface area contributed by atoms with Gasteiger partial charge in [0, 0.05) is 6.54 Å². The normalized spacial score (nSPS) is 29.5. The Bertz CT molecular complexity index is 218. The summed E-state index contributed by atoms with van der Waals surface area (Å²) in [5.74, 6) is 0.939. The van der Waals surface area contributed by atoms with E-state index in [1.807, 2.05) is 0 Å². The quantitative estimate of drug-likeness (QED) is 0.656. The zero-order valence-corrected chi connectivity index (χ0v) is 13.4. The first kappa shape index (κ1) is 16.0. The highest BCUT2D eigenvalue weighted by atomic mass is 14.8. The van der Waals surface area contributed by atoms with Crippen LogP contribution in [-0.2, 0) is 0 Å². The Morgan fingerprint density at radius 3 is 2.17 bits per heavy atom. The highest BCUT2D eigenvalue weighted by molar-refractivity contribution is 4.90. The molecule has 1 heteroatoms. The van der Waals surface area contributed by atoms with E-state index in [0.717, 1.165) is 5.92 Å². The predicted molar refractivity (Wildman–Crippen MR) is 81.9 cm³/mol. The molecule has 0 aliphatic heterocycles. The molecule has 0 aromatic carbocycles. The Morgan fingerprint density at radius 2 is 1.72 bits per heavy atom. The Morgan fingerprint density at radius 1 is 1.11 bits per heavy atom. The maximum absolute atomic E-state index is 3.46. The minimum Gasteiger partial charge on any atom is -0.319 e. The second kappa shape index (κ2) is 6.93. The van der Waals surface area contributed by atoms with Gasteiger partial charge in [0.25, 0.3) is 0 Å². The lowest BCUT2D eigenvalue weighted by Gasteiger charge is -2.44. The van der Waals surface area contributed by atoms with Crippen LogP contribution >= 0.6 is 0 Å². The lowest BCUT2D eigenvalue weighted by atomic mass is 9.62. The number of rotatable bonds is 6. The number of unbranched alkanes of at least 4 members (excludes halogenated alkanes) is 2. The van der Waals surface area contributed by atoms with Gasteiger partial charge in [0.1, 0.15) is 0 Å². The largest absolute Gasteiger partial charge is 0.319 e. The van der Waals surface area contributed by atoms with Crippen LogP contribution in [0.2, 0.25) is 0 Å². The molecule has 0 bridgehead atoms. The van der Waals surface area contributed by atoms with Gasteiger partial charge >= 0.3 is 0 Å². The second-order valence-corrected chi connectivity index (χ2v) is 7.63. The van der Waals surface area contributed by atoms with Crippen LogP contribution in [0.1, 0.15) is 79.1 Å². The van der Waals surface area contributed by atoms with Crippen LogP contribution in [-0.4, -0.2) is 13.6 Å². The van der Waals surface area contributed by atoms with Crippen LogP contribution in [0.3, 0.4) is 0 Å². The smallest absolute Gasteiger partial charge is 0.000481 e. The average molecular weight is 253 g/mol. The summed E-state index contributed by atoms with van der Waals surface area (Å²) < 4.78 is 0. The number of nitrogens with one attached hydrogen (secondary N) is 1. The molecule has 0 spiro atoms. The first-order chi connectivity index (χ1) is 8.43. The molecule has 1 aliphatic carbocycles. The summed E-state index contributed by atoms with van der Waals surface area (Å²) in [5, 5.41) is 3.46. The predicted octanol–water partition coefficient (Wildman–Crippen LogP) is 5.01. The van der Waals surface area contributed by atoms with Gasteiger partial charge in [0.15, 0.2) is 0 Å². The van der Waals surface area contributed by atoms with Gasteiger partial charge < -0.3 is 5.32 Å². The zero-order chi connectivity index (χ0) is 13.6. The molecule has 1 N–H and O–H groups in total. The Balaban J connectivity index is 2.51. The molecule has 0 saturated heterocycles. The Hall–Kier alpha value is -0.0400. The van der Waals surface area contributed by atoms with Crippen molar-refractivity contribution in [3.8, 4) is 0 Å². The van der Waals surface area contributed by atoms with Gasteiger partial charge in [-0.25, -0.2) is 0 Å². The standard InChI is InChI=1S/C17H35N/c1-6-7-8-11-17(14-18-5)12-9-15(10-13-17)16(2,3)4/h15,18H,6-14H2,1-5H3. The summed E-state index contributed by atoms with van der Waals surface area (Å²) in [7, 11) is 2.12. The minimum absolute atomic E-state index is 0.509. The third kappa shape index (κ3) is 4.57. The van der Waals surface area contributed by atoms with Gasteiger partial charge in [-0.2, -0.15) is 0 Å². The van der Waals surface area contributed by atoms with Gasteiger partial charge in [-0.1, -0.05) is 47.0 Å². The summed E-state index contributed by atoms with van der Waals surface area (Å²) in [6, 6.07) is 0. The fraction of sp³-hybridized carbons (Fsp3) is 1.00. The van der Waals surface area contributed by atoms with E-state index < -0.39 is 0 Å². The maximum Gasteiger partial charge on any atom is 0.000481 e. The summed E-state index contributed by atoms with van der Waals surface area (Å²) in [5.41, 5.74) is 1.13. The van der Waals surface area contributed by atoms with Gasteiger partial charge in [-0.15, -0.1) is 0 Å². The molecule has 0 atom stereocenters. The summed E-state index contributed by atoms with van der Waals surface area (Å²) >= 11 is 0. The first-order valence-corrected chi connectivity index (χ1v) is 8.08. The molecule has 1 aliphatic rings. The van der Waals surface area contributed by atoms with Gasteiger partial charge in [-0.3, -0.25) is 0 Å². The van der Waals surface area contributed by atoms with Crippen LogP contribution in [0, 0.1) is 16.7 Å². The average Bonchev–Trinajstić information content (AvgIpc) is 2.29. The van der Waals surface area contributed by atoms with Crippen molar-refractivity contribution in [1.82, 2.24) is 5.32 Å². The lowest BCUT2D eigenvalue weighted by molar-refractivity contribution is 0.0791. The van der Waals surface area contributed by atoms with Gasteiger partial charge in [0.05, 0.1) is 0 Å². The van der Waals surface area contributed by atoms with Crippen LogP contribution in [0.5, 0.6) is 0 Å². The summed E-state index contributed by atoms with van der Waals surface area (Å²) in [4.78, 5) is 0. The highest BCUT2D eigenvalue weighted by Gasteiger charge is 2.37. The molecule has 18 heavy (non-hydrogen) atoms. The van der Waals surface area contributed by atoms with E-state index >= 15 is 0 Å². The Kier molecular flexibility index (Phi) is 6.17. The van der Waals surface area contributed by atoms with E-state index in [0.29, 0.717) is 10.8 Å². The molecule has 0 amide bonds. The molecule has 0 radical (unpaired) electrons. The molecular weight excluding hydrogens is 218 g/mol. The van der Waals surface area contributed by atoms with Crippen molar-refractivity contribution in [1.29, 1.82) is 0 Å². The Labute approximate surface area is 115 Å². The second-order valence-electron chi connectivity index (χ2n) is 7.63. The monoisotopic (exact) mass is 253 g/mol. The fourth-order valence-electron chi connectivity index (χ4n) is 3.74. The van der Waals surface area contributed by atoms with E-state index in [1.54, 1.807) is 0 Å². The van der Waals surface area contributed by atoms with E-state index in [2.05, 4.69) is 40.1 Å². The lowest BCUT2D eigenvalue weighted by Crippen LogP contribution is -2.38. The third-order valence-electron chi connectivity index (χ3n) is 5.13. The van der Waals surface area contributed by atoms with Crippen molar-refractivity contribution >= 4 is 0 Å². The molecular formula is C17H35N. The van der Waals surface area contributed by atoms with E-state index in [9.17, 15) is 0 Å². The highest BCUT2D eigenvalue weighted by Crippen LogP contribution is 2.47. The van der Waals surface area contributed by atoms with Crippen molar-refractivity contribution in [2.75, 3.05) is 13.6 Å². The molecule has 0 aromatic rings. The fourth-order valence-corrected chi connectivity index (χ4v) is 3.74. The zero-order valence-electron chi connectivity index (χ0n) is 13.4. The molecule has 1 nitrogen and oxygen atoms in total. The summed E-state index contributed by atoms with van der Waals surface area (Å²) in [6.45, 7) is 10.8. The maximum atomic E-state index is 3.46. The molecule has 0 heterocycles. The van der Waals surface area contributed by atoms with E-state index in [4.69, 9.17) is 0 Å².